The van der Waals surface area contributed by atoms with E-state index in [1.165, 1.54) is 0 Å². The van der Waals surface area contributed by atoms with Crippen LogP contribution >= 0.6 is 15.9 Å². The van der Waals surface area contributed by atoms with E-state index >= 15 is 0 Å². The van der Waals surface area contributed by atoms with Crippen LogP contribution in [0.1, 0.15) is 10.4 Å². The molecule has 3 aromatic rings. The van der Waals surface area contributed by atoms with Gasteiger partial charge in [-0.05, 0) is 47.2 Å². The first-order valence-corrected chi connectivity index (χ1v) is 7.28. The Morgan fingerprint density at radius 1 is 0.952 bits per heavy atom. The summed E-state index contributed by atoms with van der Waals surface area (Å²) in [5, 5.41) is 4.87. The van der Waals surface area contributed by atoms with Crippen molar-refractivity contribution in [3.63, 3.8) is 0 Å². The van der Waals surface area contributed by atoms with E-state index in [2.05, 4.69) is 21.2 Å². The van der Waals surface area contributed by atoms with Gasteiger partial charge < -0.3 is 11.1 Å². The van der Waals surface area contributed by atoms with Gasteiger partial charge in [-0.25, -0.2) is 0 Å². The summed E-state index contributed by atoms with van der Waals surface area (Å²) in [6.45, 7) is 0. The molecule has 21 heavy (non-hydrogen) atoms. The largest absolute Gasteiger partial charge is 0.398 e. The van der Waals surface area contributed by atoms with E-state index in [4.69, 9.17) is 5.73 Å². The molecule has 4 heteroatoms. The Balaban J connectivity index is 1.93. The van der Waals surface area contributed by atoms with Gasteiger partial charge >= 0.3 is 0 Å². The quantitative estimate of drug-likeness (QED) is 0.677. The number of benzene rings is 3. The Morgan fingerprint density at radius 3 is 2.24 bits per heavy atom. The summed E-state index contributed by atoms with van der Waals surface area (Å²) in [5.41, 5.74) is 7.69. The maximum absolute atomic E-state index is 12.4. The number of fused-ring (bicyclic) bond motifs is 1. The van der Waals surface area contributed by atoms with Gasteiger partial charge in [0, 0.05) is 15.8 Å². The van der Waals surface area contributed by atoms with Gasteiger partial charge in [-0.15, -0.1) is 0 Å². The highest BCUT2D eigenvalue weighted by atomic mass is 79.9. The summed E-state index contributed by atoms with van der Waals surface area (Å²) in [6, 6.07) is 18.9. The lowest BCUT2D eigenvalue weighted by atomic mass is 10.0. The molecule has 0 fully saturated rings. The summed E-state index contributed by atoms with van der Waals surface area (Å²) in [4.78, 5) is 12.4. The summed E-state index contributed by atoms with van der Waals surface area (Å²) in [7, 11) is 0. The summed E-state index contributed by atoms with van der Waals surface area (Å²) in [6.07, 6.45) is 0. The fraction of sp³-hybridized carbons (Fsp3) is 0. The maximum Gasteiger partial charge on any atom is 0.257 e. The normalized spacial score (nSPS) is 10.5. The Morgan fingerprint density at radius 2 is 1.57 bits per heavy atom. The average molecular weight is 341 g/mol. The van der Waals surface area contributed by atoms with Crippen molar-refractivity contribution in [2.75, 3.05) is 11.1 Å². The number of hydrogen-bond donors (Lipinski definition) is 2. The Hall–Kier alpha value is -2.33. The number of hydrogen-bond acceptors (Lipinski definition) is 2. The molecule has 1 amide bonds. The fourth-order valence-corrected chi connectivity index (χ4v) is 2.45. The molecule has 104 valence electrons. The molecule has 0 unspecified atom stereocenters. The zero-order valence-corrected chi connectivity index (χ0v) is 12.7. The number of carbonyl (C=O) groups is 1. The van der Waals surface area contributed by atoms with Crippen molar-refractivity contribution in [1.82, 2.24) is 0 Å². The predicted octanol–water partition coefficient (Wildman–Crippen LogP) is 4.44. The van der Waals surface area contributed by atoms with Gasteiger partial charge in [0.2, 0.25) is 0 Å². The molecule has 3 aromatic carbocycles. The van der Waals surface area contributed by atoms with Crippen LogP contribution < -0.4 is 11.1 Å². The highest BCUT2D eigenvalue weighted by Gasteiger charge is 2.11. The third-order valence-corrected chi connectivity index (χ3v) is 3.79. The monoisotopic (exact) mass is 340 g/mol. The molecule has 0 aliphatic carbocycles. The zero-order chi connectivity index (χ0) is 14.8. The van der Waals surface area contributed by atoms with Gasteiger partial charge in [0.15, 0.2) is 0 Å². The molecule has 3 nitrogen and oxygen atoms in total. The van der Waals surface area contributed by atoms with Gasteiger partial charge in [0.1, 0.15) is 0 Å². The van der Waals surface area contributed by atoms with E-state index in [9.17, 15) is 4.79 Å². The third-order valence-electron chi connectivity index (χ3n) is 3.26. The molecule has 0 aliphatic heterocycles. The van der Waals surface area contributed by atoms with E-state index in [-0.39, 0.29) is 5.91 Å². The van der Waals surface area contributed by atoms with E-state index in [0.717, 1.165) is 20.9 Å². The molecule has 0 heterocycles. The molecular weight excluding hydrogens is 328 g/mol. The molecule has 0 bridgehead atoms. The molecule has 0 spiro atoms. The SMILES string of the molecule is Nc1cc2ccccc2cc1C(=O)Nc1ccc(Br)cc1. The molecule has 0 radical (unpaired) electrons. The van der Waals surface area contributed by atoms with Crippen molar-refractivity contribution in [2.45, 2.75) is 0 Å². The van der Waals surface area contributed by atoms with Crippen molar-refractivity contribution in [3.8, 4) is 0 Å². The Kier molecular flexibility index (Phi) is 3.62. The van der Waals surface area contributed by atoms with Gasteiger partial charge in [-0.3, -0.25) is 4.79 Å². The minimum atomic E-state index is -0.208. The highest BCUT2D eigenvalue weighted by molar-refractivity contribution is 9.10. The lowest BCUT2D eigenvalue weighted by Gasteiger charge is -2.09. The second kappa shape index (κ2) is 5.58. The van der Waals surface area contributed by atoms with Gasteiger partial charge in [-0.1, -0.05) is 40.2 Å². The van der Waals surface area contributed by atoms with Crippen molar-refractivity contribution < 1.29 is 4.79 Å². The first-order valence-electron chi connectivity index (χ1n) is 6.49. The predicted molar refractivity (Wildman–Crippen MR) is 90.5 cm³/mol. The van der Waals surface area contributed by atoms with Crippen LogP contribution in [0.3, 0.4) is 0 Å². The number of nitrogens with two attached hydrogens (primary N) is 1. The molecule has 3 N–H and O–H groups in total. The lowest BCUT2D eigenvalue weighted by molar-refractivity contribution is 0.102. The molecule has 0 saturated heterocycles. The number of nitrogens with one attached hydrogen (secondary N) is 1. The molecule has 3 rings (SSSR count). The highest BCUT2D eigenvalue weighted by Crippen LogP contribution is 2.23. The van der Waals surface area contributed by atoms with Crippen LogP contribution in [0.25, 0.3) is 10.8 Å². The number of carbonyl (C=O) groups excluding carboxylic acids is 1. The first kappa shape index (κ1) is 13.6. The van der Waals surface area contributed by atoms with Crippen LogP contribution in [0.15, 0.2) is 65.1 Å². The number of nitrogen functional groups attached to an aromatic ring is 1. The molecule has 0 saturated carbocycles. The van der Waals surface area contributed by atoms with Crippen molar-refractivity contribution >= 4 is 44.0 Å². The van der Waals surface area contributed by atoms with Crippen LogP contribution in [0.2, 0.25) is 0 Å². The second-order valence-corrected chi connectivity index (χ2v) is 5.66. The third kappa shape index (κ3) is 2.90. The van der Waals surface area contributed by atoms with Crippen LogP contribution in [0.5, 0.6) is 0 Å². The van der Waals surface area contributed by atoms with Crippen LogP contribution in [0, 0.1) is 0 Å². The summed E-state index contributed by atoms with van der Waals surface area (Å²) < 4.78 is 0.964. The number of halogens is 1. The Labute approximate surface area is 130 Å². The Bertz CT molecular complexity index is 813. The average Bonchev–Trinajstić information content (AvgIpc) is 2.49. The summed E-state index contributed by atoms with van der Waals surface area (Å²) in [5.74, 6) is -0.208. The van der Waals surface area contributed by atoms with Crippen molar-refractivity contribution in [1.29, 1.82) is 0 Å². The van der Waals surface area contributed by atoms with Crippen molar-refractivity contribution in [3.05, 3.63) is 70.7 Å². The minimum absolute atomic E-state index is 0.208. The van der Waals surface area contributed by atoms with E-state index in [1.54, 1.807) is 0 Å². The number of anilines is 2. The van der Waals surface area contributed by atoms with Crippen LogP contribution in [0.4, 0.5) is 11.4 Å². The van der Waals surface area contributed by atoms with Gasteiger partial charge in [0.05, 0.1) is 5.56 Å². The smallest absolute Gasteiger partial charge is 0.257 e. The lowest BCUT2D eigenvalue weighted by Crippen LogP contribution is -2.14. The van der Waals surface area contributed by atoms with Crippen molar-refractivity contribution in [2.24, 2.45) is 0 Å². The van der Waals surface area contributed by atoms with Crippen LogP contribution in [-0.2, 0) is 0 Å². The molecular formula is C17H13BrN2O. The van der Waals surface area contributed by atoms with Crippen LogP contribution in [-0.4, -0.2) is 5.91 Å². The zero-order valence-electron chi connectivity index (χ0n) is 11.1. The van der Waals surface area contributed by atoms with Gasteiger partial charge in [-0.2, -0.15) is 0 Å². The first-order chi connectivity index (χ1) is 10.1. The topological polar surface area (TPSA) is 55.1 Å². The molecule has 0 aliphatic rings. The minimum Gasteiger partial charge on any atom is -0.398 e. The maximum atomic E-state index is 12.4. The van der Waals surface area contributed by atoms with Gasteiger partial charge in [0.25, 0.3) is 5.91 Å². The number of amides is 1. The second-order valence-electron chi connectivity index (χ2n) is 4.75. The fourth-order valence-electron chi connectivity index (χ4n) is 2.19. The molecule has 0 atom stereocenters. The summed E-state index contributed by atoms with van der Waals surface area (Å²) >= 11 is 3.36. The van der Waals surface area contributed by atoms with E-state index in [0.29, 0.717) is 11.3 Å². The van der Waals surface area contributed by atoms with E-state index < -0.39 is 0 Å². The number of rotatable bonds is 2. The molecule has 0 aromatic heterocycles. The van der Waals surface area contributed by atoms with E-state index in [1.807, 2.05) is 60.7 Å². The standard InChI is InChI=1S/C17H13BrN2O/c18-13-5-7-14(8-6-13)20-17(21)15-9-11-3-1-2-4-12(11)10-16(15)19/h1-10H,19H2,(H,20,21).